The van der Waals surface area contributed by atoms with Crippen molar-refractivity contribution in [1.29, 1.82) is 0 Å². The fourth-order valence-electron chi connectivity index (χ4n) is 4.26. The molecule has 1 aromatic rings. The Kier molecular flexibility index (Phi) is 7.41. The van der Waals surface area contributed by atoms with E-state index in [1.807, 2.05) is 18.2 Å². The van der Waals surface area contributed by atoms with Gasteiger partial charge in [-0.15, -0.1) is 0 Å². The second-order valence-electron chi connectivity index (χ2n) is 8.02. The van der Waals surface area contributed by atoms with Crippen molar-refractivity contribution >= 4 is 5.91 Å². The minimum Gasteiger partial charge on any atom is -0.350 e. The number of carbonyl (C=O) groups excluding carboxylic acids is 1. The summed E-state index contributed by atoms with van der Waals surface area (Å²) in [5.74, 6) is 0.303. The number of piperidine rings is 2. The van der Waals surface area contributed by atoms with Gasteiger partial charge in [-0.05, 0) is 71.3 Å². The molecule has 0 spiro atoms. The zero-order chi connectivity index (χ0) is 19.1. The quantitative estimate of drug-likeness (QED) is 0.783. The average Bonchev–Trinajstić information content (AvgIpc) is 2.73. The van der Waals surface area contributed by atoms with E-state index in [0.717, 1.165) is 38.2 Å². The van der Waals surface area contributed by atoms with E-state index in [4.69, 9.17) is 0 Å². The molecule has 0 aromatic carbocycles. The van der Waals surface area contributed by atoms with Crippen LogP contribution in [0, 0.1) is 5.92 Å². The zero-order valence-corrected chi connectivity index (χ0v) is 16.9. The normalized spacial score (nSPS) is 23.3. The minimum atomic E-state index is 0.116. The summed E-state index contributed by atoms with van der Waals surface area (Å²) in [4.78, 5) is 22.1. The van der Waals surface area contributed by atoms with Crippen LogP contribution in [-0.2, 0) is 11.3 Å². The highest BCUT2D eigenvalue weighted by Gasteiger charge is 2.31. The maximum atomic E-state index is 12.6. The van der Waals surface area contributed by atoms with Gasteiger partial charge in [0.05, 0.1) is 18.2 Å². The highest BCUT2D eigenvalue weighted by molar-refractivity contribution is 5.78. The van der Waals surface area contributed by atoms with Crippen molar-refractivity contribution < 1.29 is 4.79 Å². The Hall–Kier alpha value is -1.72. The molecule has 0 unspecified atom stereocenters. The Morgan fingerprint density at radius 1 is 1.26 bits per heavy atom. The molecule has 2 aliphatic rings. The number of nitrogens with one attached hydrogen (secondary N) is 1. The molecule has 0 radical (unpaired) electrons. The van der Waals surface area contributed by atoms with E-state index in [-0.39, 0.29) is 11.8 Å². The van der Waals surface area contributed by atoms with E-state index >= 15 is 0 Å². The number of pyridine rings is 1. The number of hydrogen-bond acceptors (Lipinski definition) is 4. The van der Waals surface area contributed by atoms with Crippen LogP contribution in [0.5, 0.6) is 0 Å². The van der Waals surface area contributed by atoms with E-state index in [0.29, 0.717) is 12.6 Å². The molecular weight excluding hydrogens is 336 g/mol. The van der Waals surface area contributed by atoms with Crippen LogP contribution in [0.3, 0.4) is 0 Å². The van der Waals surface area contributed by atoms with Crippen LogP contribution in [0.4, 0.5) is 0 Å². The van der Waals surface area contributed by atoms with Crippen LogP contribution >= 0.6 is 0 Å². The Morgan fingerprint density at radius 2 is 2.07 bits per heavy atom. The van der Waals surface area contributed by atoms with Gasteiger partial charge in [0.2, 0.25) is 5.91 Å². The van der Waals surface area contributed by atoms with Gasteiger partial charge in [-0.1, -0.05) is 17.7 Å². The molecule has 3 heterocycles. The molecule has 0 bridgehead atoms. The third-order valence-electron chi connectivity index (χ3n) is 6.03. The lowest BCUT2D eigenvalue weighted by atomic mass is 9.93. The van der Waals surface area contributed by atoms with E-state index in [9.17, 15) is 4.79 Å². The minimum absolute atomic E-state index is 0.116. The van der Waals surface area contributed by atoms with Crippen molar-refractivity contribution in [3.8, 4) is 0 Å². The summed E-state index contributed by atoms with van der Waals surface area (Å²) in [6, 6.07) is 6.45. The number of rotatable bonds is 6. The van der Waals surface area contributed by atoms with Crippen LogP contribution in [0.15, 0.2) is 36.0 Å². The maximum absolute atomic E-state index is 12.6. The highest BCUT2D eigenvalue weighted by atomic mass is 16.1. The van der Waals surface area contributed by atoms with Crippen molar-refractivity contribution in [3.05, 3.63) is 41.7 Å². The number of allylic oxidation sites excluding steroid dienone is 1. The van der Waals surface area contributed by atoms with Gasteiger partial charge in [0.25, 0.3) is 0 Å². The highest BCUT2D eigenvalue weighted by Crippen LogP contribution is 2.24. The number of carbonyl (C=O) groups is 1. The molecule has 2 fully saturated rings. The van der Waals surface area contributed by atoms with Gasteiger partial charge in [-0.3, -0.25) is 19.6 Å². The first kappa shape index (κ1) is 20.0. The molecular formula is C22H34N4O. The number of aromatic nitrogens is 1. The van der Waals surface area contributed by atoms with Crippen molar-refractivity contribution in [2.24, 2.45) is 5.92 Å². The van der Waals surface area contributed by atoms with Crippen LogP contribution in [-0.4, -0.2) is 59.5 Å². The summed E-state index contributed by atoms with van der Waals surface area (Å²) in [5, 5.41) is 3.08. The molecule has 1 amide bonds. The predicted octanol–water partition coefficient (Wildman–Crippen LogP) is 2.84. The first-order valence-electron chi connectivity index (χ1n) is 10.4. The van der Waals surface area contributed by atoms with E-state index in [1.165, 1.54) is 31.5 Å². The predicted molar refractivity (Wildman–Crippen MR) is 109 cm³/mol. The first-order chi connectivity index (χ1) is 13.2. The van der Waals surface area contributed by atoms with Crippen molar-refractivity contribution in [2.45, 2.75) is 52.1 Å². The molecule has 0 saturated carbocycles. The summed E-state index contributed by atoms with van der Waals surface area (Å²) >= 11 is 0. The Morgan fingerprint density at radius 3 is 2.78 bits per heavy atom. The van der Waals surface area contributed by atoms with E-state index in [1.54, 1.807) is 6.20 Å². The standard InChI is InChI=1S/C22H34N4O/c1-3-18(2)16-25-13-9-21(10-14-25)26-12-6-7-19(17-26)22(27)24-15-20-8-4-5-11-23-20/h3-5,8,11,19,21H,6-7,9-10,12-17H2,1-2H3,(H,24,27)/b18-3+/t19-/m1/s1. The number of nitrogens with zero attached hydrogens (tertiary/aromatic N) is 3. The average molecular weight is 371 g/mol. The molecule has 27 heavy (non-hydrogen) atoms. The van der Waals surface area contributed by atoms with Gasteiger partial charge in [-0.25, -0.2) is 0 Å². The van der Waals surface area contributed by atoms with Gasteiger partial charge in [-0.2, -0.15) is 0 Å². The Balaban J connectivity index is 1.44. The van der Waals surface area contributed by atoms with Gasteiger partial charge in [0, 0.05) is 25.3 Å². The summed E-state index contributed by atoms with van der Waals surface area (Å²) in [7, 11) is 0. The van der Waals surface area contributed by atoms with Crippen LogP contribution in [0.25, 0.3) is 0 Å². The molecule has 2 saturated heterocycles. The summed E-state index contributed by atoms with van der Waals surface area (Å²) in [6.07, 6.45) is 8.56. The summed E-state index contributed by atoms with van der Waals surface area (Å²) < 4.78 is 0. The van der Waals surface area contributed by atoms with E-state index < -0.39 is 0 Å². The van der Waals surface area contributed by atoms with Crippen molar-refractivity contribution in [2.75, 3.05) is 32.7 Å². The topological polar surface area (TPSA) is 48.5 Å². The third kappa shape index (κ3) is 5.88. The largest absolute Gasteiger partial charge is 0.350 e. The molecule has 2 aliphatic heterocycles. The van der Waals surface area contributed by atoms with E-state index in [2.05, 4.69) is 40.0 Å². The van der Waals surface area contributed by atoms with Gasteiger partial charge in [0.1, 0.15) is 0 Å². The summed E-state index contributed by atoms with van der Waals surface area (Å²) in [5.41, 5.74) is 2.37. The second-order valence-corrected chi connectivity index (χ2v) is 8.02. The lowest BCUT2D eigenvalue weighted by Gasteiger charge is -2.42. The lowest BCUT2D eigenvalue weighted by Crippen LogP contribution is -2.50. The lowest BCUT2D eigenvalue weighted by molar-refractivity contribution is -0.127. The van der Waals surface area contributed by atoms with Crippen LogP contribution in [0.2, 0.25) is 0 Å². The number of amides is 1. The Bertz CT molecular complexity index is 622. The Labute approximate surface area is 163 Å². The van der Waals surface area contributed by atoms with Crippen LogP contribution < -0.4 is 5.32 Å². The monoisotopic (exact) mass is 370 g/mol. The molecule has 5 heteroatoms. The van der Waals surface area contributed by atoms with Gasteiger partial charge < -0.3 is 5.32 Å². The zero-order valence-electron chi connectivity index (χ0n) is 16.9. The molecule has 5 nitrogen and oxygen atoms in total. The molecule has 1 aromatic heterocycles. The van der Waals surface area contributed by atoms with Crippen molar-refractivity contribution in [3.63, 3.8) is 0 Å². The summed E-state index contributed by atoms with van der Waals surface area (Å²) in [6.45, 7) is 10.3. The SMILES string of the molecule is C/C=C(\C)CN1CCC(N2CCC[C@@H](C(=O)NCc3ccccn3)C2)CC1. The maximum Gasteiger partial charge on any atom is 0.224 e. The molecule has 148 valence electrons. The van der Waals surface area contributed by atoms with Gasteiger partial charge in [0.15, 0.2) is 0 Å². The number of likely N-dealkylation sites (tertiary alicyclic amines) is 2. The third-order valence-corrected chi connectivity index (χ3v) is 6.03. The smallest absolute Gasteiger partial charge is 0.224 e. The molecule has 1 N–H and O–H groups in total. The molecule has 3 rings (SSSR count). The fourth-order valence-corrected chi connectivity index (χ4v) is 4.26. The van der Waals surface area contributed by atoms with Gasteiger partial charge >= 0.3 is 0 Å². The molecule has 0 aliphatic carbocycles. The molecule has 1 atom stereocenters. The van der Waals surface area contributed by atoms with Crippen LogP contribution in [0.1, 0.15) is 45.2 Å². The number of hydrogen-bond donors (Lipinski definition) is 1. The van der Waals surface area contributed by atoms with Crippen molar-refractivity contribution in [1.82, 2.24) is 20.1 Å². The fraction of sp³-hybridized carbons (Fsp3) is 0.636. The second kappa shape index (κ2) is 10.00. The first-order valence-corrected chi connectivity index (χ1v) is 10.4.